The van der Waals surface area contributed by atoms with Crippen molar-refractivity contribution in [3.8, 4) is 23.7 Å². The normalized spacial score (nSPS) is 11.5. The molecule has 0 aliphatic heterocycles. The van der Waals surface area contributed by atoms with Gasteiger partial charge in [0.1, 0.15) is 11.9 Å². The lowest BCUT2D eigenvalue weighted by Crippen LogP contribution is -2.51. The zero-order valence-electron chi connectivity index (χ0n) is 21.5. The second-order valence-corrected chi connectivity index (χ2v) is 8.60. The minimum absolute atomic E-state index is 0.101. The van der Waals surface area contributed by atoms with Crippen LogP contribution in [-0.2, 0) is 16.1 Å². The van der Waals surface area contributed by atoms with Crippen molar-refractivity contribution in [2.24, 2.45) is 0 Å². The predicted molar refractivity (Wildman–Crippen MR) is 146 cm³/mol. The Morgan fingerprint density at radius 2 is 1.45 bits per heavy atom. The summed E-state index contributed by atoms with van der Waals surface area (Å²) in [6, 6.07) is 17.9. The fourth-order valence-electron chi connectivity index (χ4n) is 3.38. The third-order valence-electron chi connectivity index (χ3n) is 5.48. The summed E-state index contributed by atoms with van der Waals surface area (Å²) in [5.74, 6) is 9.19. The van der Waals surface area contributed by atoms with Crippen LogP contribution in [0.15, 0.2) is 72.8 Å². The highest BCUT2D eigenvalue weighted by Crippen LogP contribution is 2.09. The van der Waals surface area contributed by atoms with E-state index >= 15 is 0 Å². The van der Waals surface area contributed by atoms with Gasteiger partial charge in [0.15, 0.2) is 0 Å². The first kappa shape index (κ1) is 29.6. The summed E-state index contributed by atoms with van der Waals surface area (Å²) in [5.41, 5.74) is 4.44. The first-order valence-corrected chi connectivity index (χ1v) is 12.1. The lowest BCUT2D eigenvalue weighted by atomic mass is 10.1. The van der Waals surface area contributed by atoms with Gasteiger partial charge in [-0.15, -0.1) is 0 Å². The molecule has 0 saturated carbocycles. The number of hydrogen-bond acceptors (Lipinski definition) is 6. The number of carbonyl (C=O) groups is 3. The van der Waals surface area contributed by atoms with E-state index in [0.29, 0.717) is 23.4 Å². The van der Waals surface area contributed by atoms with Crippen LogP contribution in [0.3, 0.4) is 0 Å². The fourth-order valence-corrected chi connectivity index (χ4v) is 3.38. The highest BCUT2D eigenvalue weighted by atomic mass is 19.1. The van der Waals surface area contributed by atoms with Gasteiger partial charge in [0.2, 0.25) is 5.91 Å². The quantitative estimate of drug-likeness (QED) is 0.139. The van der Waals surface area contributed by atoms with Gasteiger partial charge in [0, 0.05) is 28.9 Å². The molecule has 0 bridgehead atoms. The summed E-state index contributed by atoms with van der Waals surface area (Å²) in [4.78, 5) is 36.0. The maximum atomic E-state index is 12.9. The van der Waals surface area contributed by atoms with Crippen LogP contribution in [-0.4, -0.2) is 46.7 Å². The molecule has 6 N–H and O–H groups in total. The number of hydrogen-bond donors (Lipinski definition) is 6. The minimum atomic E-state index is -1.31. The molecule has 3 rings (SSSR count). The summed E-state index contributed by atoms with van der Waals surface area (Å²) in [6.07, 6.45) is -1.21. The first-order valence-electron chi connectivity index (χ1n) is 12.1. The highest BCUT2D eigenvalue weighted by molar-refractivity contribution is 5.97. The monoisotopic (exact) mass is 542 g/mol. The number of nitrogens with one attached hydrogen (secondary N) is 4. The van der Waals surface area contributed by atoms with E-state index in [-0.39, 0.29) is 23.8 Å². The van der Waals surface area contributed by atoms with Crippen molar-refractivity contribution in [2.45, 2.75) is 25.6 Å². The average Bonchev–Trinajstić information content (AvgIpc) is 2.95. The number of rotatable bonds is 9. The Morgan fingerprint density at radius 3 is 2.00 bits per heavy atom. The summed E-state index contributed by atoms with van der Waals surface area (Å²) < 4.78 is 12.9. The van der Waals surface area contributed by atoms with Crippen LogP contribution < -0.4 is 21.4 Å². The van der Waals surface area contributed by atoms with E-state index in [4.69, 9.17) is 5.21 Å². The second-order valence-electron chi connectivity index (χ2n) is 8.60. The van der Waals surface area contributed by atoms with E-state index in [1.807, 2.05) is 0 Å². The van der Waals surface area contributed by atoms with E-state index in [2.05, 4.69) is 39.6 Å². The molecule has 3 aromatic rings. The molecule has 3 aromatic carbocycles. The maximum absolute atomic E-state index is 12.9. The summed E-state index contributed by atoms with van der Waals surface area (Å²) >= 11 is 0. The Bertz CT molecular complexity index is 1450. The molecule has 10 heteroatoms. The van der Waals surface area contributed by atoms with Crippen molar-refractivity contribution in [1.29, 1.82) is 0 Å². The van der Waals surface area contributed by atoms with Gasteiger partial charge in [-0.1, -0.05) is 24.0 Å². The Labute approximate surface area is 230 Å². The molecule has 0 spiro atoms. The molecular weight excluding hydrogens is 515 g/mol. The van der Waals surface area contributed by atoms with Crippen molar-refractivity contribution >= 4 is 23.4 Å². The molecule has 0 saturated heterocycles. The number of halogens is 1. The second kappa shape index (κ2) is 14.8. The van der Waals surface area contributed by atoms with E-state index in [0.717, 1.165) is 5.56 Å². The molecular formula is C30H27FN4O5. The van der Waals surface area contributed by atoms with Gasteiger partial charge >= 0.3 is 0 Å². The molecule has 3 amide bonds. The molecule has 9 nitrogen and oxygen atoms in total. The summed E-state index contributed by atoms with van der Waals surface area (Å²) in [7, 11) is 0. The van der Waals surface area contributed by atoms with Crippen LogP contribution in [0.2, 0.25) is 0 Å². The first-order chi connectivity index (χ1) is 19.2. The summed E-state index contributed by atoms with van der Waals surface area (Å²) in [5, 5.41) is 26.5. The van der Waals surface area contributed by atoms with Gasteiger partial charge in [0.25, 0.3) is 11.8 Å². The lowest BCUT2D eigenvalue weighted by molar-refractivity contribution is -0.133. The van der Waals surface area contributed by atoms with E-state index in [1.165, 1.54) is 36.7 Å². The topological polar surface area (TPSA) is 140 Å². The number of carbonyl (C=O) groups excluding carboxylic acids is 3. The van der Waals surface area contributed by atoms with E-state index in [9.17, 15) is 23.9 Å². The number of amides is 3. The van der Waals surface area contributed by atoms with Gasteiger partial charge < -0.3 is 21.1 Å². The molecule has 0 radical (unpaired) electrons. The summed E-state index contributed by atoms with van der Waals surface area (Å²) in [6.45, 7) is 1.85. The van der Waals surface area contributed by atoms with E-state index < -0.39 is 24.0 Å². The van der Waals surface area contributed by atoms with E-state index in [1.54, 1.807) is 48.5 Å². The Kier molecular flexibility index (Phi) is 10.9. The number of aliphatic hydroxyl groups excluding tert-OH is 1. The minimum Gasteiger partial charge on any atom is -0.391 e. The number of hydroxylamine groups is 1. The third-order valence-corrected chi connectivity index (χ3v) is 5.48. The van der Waals surface area contributed by atoms with Crippen molar-refractivity contribution in [2.75, 3.05) is 11.9 Å². The predicted octanol–water partition coefficient (Wildman–Crippen LogP) is 1.94. The van der Waals surface area contributed by atoms with Crippen LogP contribution in [0.5, 0.6) is 0 Å². The number of aliphatic hydroxyl groups is 1. The van der Waals surface area contributed by atoms with Gasteiger partial charge in [-0.2, -0.15) is 0 Å². The molecule has 204 valence electrons. The van der Waals surface area contributed by atoms with Crippen molar-refractivity contribution in [1.82, 2.24) is 16.1 Å². The van der Waals surface area contributed by atoms with Crippen molar-refractivity contribution in [3.05, 3.63) is 101 Å². The Balaban J connectivity index is 1.47. The van der Waals surface area contributed by atoms with Gasteiger partial charge in [-0.25, -0.2) is 9.87 Å². The zero-order chi connectivity index (χ0) is 28.9. The molecule has 0 heterocycles. The van der Waals surface area contributed by atoms with Crippen LogP contribution in [0.1, 0.15) is 34.0 Å². The lowest BCUT2D eigenvalue weighted by Gasteiger charge is -2.19. The zero-order valence-corrected chi connectivity index (χ0v) is 21.5. The molecule has 0 unspecified atom stereocenters. The highest BCUT2D eigenvalue weighted by Gasteiger charge is 2.25. The number of anilines is 1. The van der Waals surface area contributed by atoms with Crippen molar-refractivity contribution in [3.63, 3.8) is 0 Å². The van der Waals surface area contributed by atoms with Gasteiger partial charge in [-0.3, -0.25) is 19.6 Å². The van der Waals surface area contributed by atoms with Crippen LogP contribution in [0, 0.1) is 29.5 Å². The van der Waals surface area contributed by atoms with Crippen molar-refractivity contribution < 1.29 is 29.1 Å². The SMILES string of the molecule is C[C@@H](O)[C@H](NC(=O)c1ccc(C#CC#Cc2ccc(NC(=O)CNCc3ccc(F)cc3)cc2)cc1)C(=O)NO. The molecule has 0 aliphatic carbocycles. The standard InChI is InChI=1S/C30H27FN4O5/c1-20(36)28(30(39)35-40)34-29(38)24-12-6-21(7-13-24)4-2-3-5-22-10-16-26(17-11-22)33-27(37)19-32-18-23-8-14-25(31)15-9-23/h6-17,20,28,32,36,40H,18-19H2,1H3,(H,33,37)(H,34,38)(H,35,39)/t20-,28+/m1/s1. The average molecular weight is 543 g/mol. The van der Waals surface area contributed by atoms with Gasteiger partial charge in [-0.05, 0) is 85.0 Å². The third kappa shape index (κ3) is 9.39. The Morgan fingerprint density at radius 1 is 0.875 bits per heavy atom. The fraction of sp³-hybridized carbons (Fsp3) is 0.167. The molecule has 2 atom stereocenters. The largest absolute Gasteiger partial charge is 0.391 e. The smallest absolute Gasteiger partial charge is 0.268 e. The maximum Gasteiger partial charge on any atom is 0.268 e. The Hall–Kier alpha value is -5.00. The molecule has 0 aliphatic rings. The van der Waals surface area contributed by atoms with Gasteiger partial charge in [0.05, 0.1) is 12.6 Å². The molecule has 40 heavy (non-hydrogen) atoms. The van der Waals surface area contributed by atoms with Crippen LogP contribution >= 0.6 is 0 Å². The van der Waals surface area contributed by atoms with Crippen LogP contribution in [0.4, 0.5) is 10.1 Å². The molecule has 0 fully saturated rings. The van der Waals surface area contributed by atoms with Crippen LogP contribution in [0.25, 0.3) is 0 Å². The number of benzene rings is 3. The molecule has 0 aromatic heterocycles.